The average Bonchev–Trinajstić information content (AvgIpc) is 3.20. The highest BCUT2D eigenvalue weighted by Crippen LogP contribution is 2.28. The third kappa shape index (κ3) is 7.82. The van der Waals surface area contributed by atoms with Gasteiger partial charge in [-0.15, -0.1) is 0 Å². The van der Waals surface area contributed by atoms with Crippen molar-refractivity contribution < 1.29 is 4.74 Å². The van der Waals surface area contributed by atoms with Crippen molar-refractivity contribution in [2.45, 2.75) is 31.4 Å². The van der Waals surface area contributed by atoms with Crippen molar-refractivity contribution >= 4 is 17.7 Å². The molecule has 0 aromatic heterocycles. The predicted molar refractivity (Wildman–Crippen MR) is 80.5 cm³/mol. The Morgan fingerprint density at radius 1 is 1.44 bits per heavy atom. The van der Waals surface area contributed by atoms with Crippen molar-refractivity contribution in [1.82, 2.24) is 10.6 Å². The molecule has 18 heavy (non-hydrogen) atoms. The zero-order valence-electron chi connectivity index (χ0n) is 11.9. The molecule has 0 aromatic carbocycles. The molecule has 0 heterocycles. The lowest BCUT2D eigenvalue weighted by molar-refractivity contribution is 0.123. The van der Waals surface area contributed by atoms with E-state index in [9.17, 15) is 0 Å². The lowest BCUT2D eigenvalue weighted by atomic mass is 10.4. The predicted octanol–water partition coefficient (Wildman–Crippen LogP) is 1.72. The summed E-state index contributed by atoms with van der Waals surface area (Å²) in [4.78, 5) is 4.19. The number of hydrogen-bond acceptors (Lipinski definition) is 3. The van der Waals surface area contributed by atoms with E-state index in [1.165, 1.54) is 12.8 Å². The van der Waals surface area contributed by atoms with E-state index >= 15 is 0 Å². The van der Waals surface area contributed by atoms with Gasteiger partial charge in [-0.25, -0.2) is 0 Å². The van der Waals surface area contributed by atoms with Gasteiger partial charge >= 0.3 is 0 Å². The summed E-state index contributed by atoms with van der Waals surface area (Å²) in [6, 6.07) is 0. The van der Waals surface area contributed by atoms with E-state index in [-0.39, 0.29) is 0 Å². The fourth-order valence-corrected chi connectivity index (χ4v) is 1.71. The van der Waals surface area contributed by atoms with Crippen LogP contribution in [0.25, 0.3) is 0 Å². The van der Waals surface area contributed by atoms with Crippen LogP contribution in [0.4, 0.5) is 0 Å². The Morgan fingerprint density at radius 2 is 2.22 bits per heavy atom. The van der Waals surface area contributed by atoms with Crippen LogP contribution in [-0.4, -0.2) is 50.8 Å². The molecule has 0 amide bonds. The lowest BCUT2D eigenvalue weighted by Crippen LogP contribution is -2.40. The summed E-state index contributed by atoms with van der Waals surface area (Å²) >= 11 is 1.86. The lowest BCUT2D eigenvalue weighted by Gasteiger charge is -2.14. The number of nitrogens with one attached hydrogen (secondary N) is 2. The van der Waals surface area contributed by atoms with Gasteiger partial charge in [0.15, 0.2) is 5.96 Å². The van der Waals surface area contributed by atoms with Crippen LogP contribution < -0.4 is 10.6 Å². The molecule has 0 radical (unpaired) electrons. The van der Waals surface area contributed by atoms with E-state index in [0.717, 1.165) is 44.6 Å². The molecule has 106 valence electrons. The van der Waals surface area contributed by atoms with Crippen LogP contribution in [-0.2, 0) is 4.74 Å². The van der Waals surface area contributed by atoms with Crippen LogP contribution in [0.5, 0.6) is 0 Å². The van der Waals surface area contributed by atoms with E-state index in [0.29, 0.717) is 5.25 Å². The highest BCUT2D eigenvalue weighted by atomic mass is 32.2. The molecule has 1 aliphatic carbocycles. The zero-order chi connectivity index (χ0) is 13.2. The number of nitrogens with zero attached hydrogens (tertiary/aromatic N) is 1. The standard InChI is InChI=1S/C13H27N3OS/c1-11(18-3)9-16-13(14-2)15-7-4-8-17-10-12-5-6-12/h11-12H,4-10H2,1-3H3,(H2,14,15,16). The van der Waals surface area contributed by atoms with Gasteiger partial charge in [0.2, 0.25) is 0 Å². The SMILES string of the molecule is CN=C(NCCCOCC1CC1)NCC(C)SC. The second-order valence-corrected chi connectivity index (χ2v) is 6.07. The molecule has 1 atom stereocenters. The summed E-state index contributed by atoms with van der Waals surface area (Å²) in [7, 11) is 1.81. The molecule has 1 aliphatic rings. The molecule has 1 unspecified atom stereocenters. The number of guanidine groups is 1. The van der Waals surface area contributed by atoms with Gasteiger partial charge in [0, 0.05) is 38.6 Å². The molecule has 1 fully saturated rings. The van der Waals surface area contributed by atoms with Crippen molar-refractivity contribution in [3.05, 3.63) is 0 Å². The number of thioether (sulfide) groups is 1. The van der Waals surface area contributed by atoms with Crippen molar-refractivity contribution in [3.63, 3.8) is 0 Å². The normalized spacial score (nSPS) is 17.6. The van der Waals surface area contributed by atoms with Gasteiger partial charge in [-0.1, -0.05) is 6.92 Å². The van der Waals surface area contributed by atoms with E-state index in [4.69, 9.17) is 4.74 Å². The minimum atomic E-state index is 0.602. The number of ether oxygens (including phenoxy) is 1. The maximum absolute atomic E-state index is 5.59. The number of aliphatic imine (C=N–C) groups is 1. The molecule has 4 nitrogen and oxygen atoms in total. The summed E-state index contributed by atoms with van der Waals surface area (Å²) in [5, 5.41) is 7.22. The molecular weight excluding hydrogens is 246 g/mol. The van der Waals surface area contributed by atoms with Gasteiger partial charge in [-0.05, 0) is 31.4 Å². The highest BCUT2D eigenvalue weighted by molar-refractivity contribution is 7.99. The minimum Gasteiger partial charge on any atom is -0.381 e. The summed E-state index contributed by atoms with van der Waals surface area (Å²) < 4.78 is 5.59. The number of rotatable bonds is 9. The smallest absolute Gasteiger partial charge is 0.191 e. The van der Waals surface area contributed by atoms with Crippen molar-refractivity contribution in [2.75, 3.05) is 39.6 Å². The van der Waals surface area contributed by atoms with Gasteiger partial charge in [0.05, 0.1) is 0 Å². The van der Waals surface area contributed by atoms with Crippen LogP contribution >= 0.6 is 11.8 Å². The minimum absolute atomic E-state index is 0.602. The Labute approximate surface area is 115 Å². The summed E-state index contributed by atoms with van der Waals surface area (Å²) in [5.74, 6) is 1.75. The van der Waals surface area contributed by atoms with E-state index in [2.05, 4.69) is 28.8 Å². The van der Waals surface area contributed by atoms with E-state index in [1.54, 1.807) is 0 Å². The number of hydrogen-bond donors (Lipinski definition) is 2. The Hall–Kier alpha value is -0.420. The van der Waals surface area contributed by atoms with Gasteiger partial charge in [-0.2, -0.15) is 11.8 Å². The largest absolute Gasteiger partial charge is 0.381 e. The second kappa shape index (κ2) is 9.50. The first-order valence-electron chi connectivity index (χ1n) is 6.81. The molecule has 0 saturated heterocycles. The van der Waals surface area contributed by atoms with Crippen LogP contribution in [0.3, 0.4) is 0 Å². The van der Waals surface area contributed by atoms with Gasteiger partial charge in [0.1, 0.15) is 0 Å². The third-order valence-electron chi connectivity index (χ3n) is 2.99. The molecule has 0 aliphatic heterocycles. The molecule has 0 aromatic rings. The second-order valence-electron chi connectivity index (χ2n) is 4.80. The monoisotopic (exact) mass is 273 g/mol. The molecule has 0 bridgehead atoms. The van der Waals surface area contributed by atoms with Crippen molar-refractivity contribution in [1.29, 1.82) is 0 Å². The van der Waals surface area contributed by atoms with Crippen LogP contribution in [0.2, 0.25) is 0 Å². The Bertz CT molecular complexity index is 244. The fraction of sp³-hybridized carbons (Fsp3) is 0.923. The van der Waals surface area contributed by atoms with Gasteiger partial charge < -0.3 is 15.4 Å². The average molecular weight is 273 g/mol. The molecule has 0 spiro atoms. The summed E-state index contributed by atoms with van der Waals surface area (Å²) in [6.07, 6.45) is 5.89. The summed E-state index contributed by atoms with van der Waals surface area (Å²) in [5.41, 5.74) is 0. The third-order valence-corrected chi connectivity index (χ3v) is 3.96. The molecule has 2 N–H and O–H groups in total. The quantitative estimate of drug-likeness (QED) is 0.381. The maximum Gasteiger partial charge on any atom is 0.191 e. The van der Waals surface area contributed by atoms with Crippen LogP contribution in [0.15, 0.2) is 4.99 Å². The van der Waals surface area contributed by atoms with Crippen molar-refractivity contribution in [3.8, 4) is 0 Å². The highest BCUT2D eigenvalue weighted by Gasteiger charge is 2.20. The zero-order valence-corrected chi connectivity index (χ0v) is 12.7. The maximum atomic E-state index is 5.59. The Balaban J connectivity index is 1.93. The van der Waals surface area contributed by atoms with Crippen LogP contribution in [0.1, 0.15) is 26.2 Å². The Morgan fingerprint density at radius 3 is 2.83 bits per heavy atom. The summed E-state index contributed by atoms with van der Waals surface area (Å²) in [6.45, 7) is 5.87. The van der Waals surface area contributed by atoms with E-state index in [1.807, 2.05) is 18.8 Å². The van der Waals surface area contributed by atoms with Crippen molar-refractivity contribution in [2.24, 2.45) is 10.9 Å². The van der Waals surface area contributed by atoms with Gasteiger partial charge in [-0.3, -0.25) is 4.99 Å². The first-order chi connectivity index (χ1) is 8.76. The fourth-order valence-electron chi connectivity index (χ4n) is 1.46. The molecule has 5 heteroatoms. The topological polar surface area (TPSA) is 45.7 Å². The molecular formula is C13H27N3OS. The Kier molecular flexibility index (Phi) is 8.25. The van der Waals surface area contributed by atoms with Gasteiger partial charge in [0.25, 0.3) is 0 Å². The molecule has 1 rings (SSSR count). The molecule has 1 saturated carbocycles. The van der Waals surface area contributed by atoms with E-state index < -0.39 is 0 Å². The first-order valence-corrected chi connectivity index (χ1v) is 8.10. The first kappa shape index (κ1) is 15.6. The van der Waals surface area contributed by atoms with Crippen LogP contribution in [0, 0.1) is 5.92 Å².